The number of halogens is 3. The minimum absolute atomic E-state index is 0.0522. The van der Waals surface area contributed by atoms with Crippen LogP contribution in [0.1, 0.15) is 17.2 Å². The Bertz CT molecular complexity index is 1220. The predicted octanol–water partition coefficient (Wildman–Crippen LogP) is 3.91. The number of amides is 1. The molecular weight excluding hydrogens is 493 g/mol. The van der Waals surface area contributed by atoms with Gasteiger partial charge in [0.15, 0.2) is 5.82 Å². The van der Waals surface area contributed by atoms with Crippen molar-refractivity contribution in [2.45, 2.75) is 24.8 Å². The number of ether oxygens (including phenoxy) is 3. The predicted molar refractivity (Wildman–Crippen MR) is 123 cm³/mol. The molecule has 1 saturated heterocycles. The number of rotatable bonds is 8. The summed E-state index contributed by atoms with van der Waals surface area (Å²) in [5.74, 6) is 1.57. The summed E-state index contributed by atoms with van der Waals surface area (Å²) < 4.78 is 57.2. The third-order valence-electron chi connectivity index (χ3n) is 6.68. The van der Waals surface area contributed by atoms with Gasteiger partial charge >= 0.3 is 12.3 Å². The molecule has 5 rings (SSSR count). The maximum absolute atomic E-state index is 13.5. The molecular formula is C25H25F3N4O5. The highest BCUT2D eigenvalue weighted by atomic mass is 19.4. The number of hydrogen-bond acceptors (Lipinski definition) is 7. The molecule has 1 N–H and O–H groups in total. The number of nitrogens with zero attached hydrogens (tertiary/aromatic N) is 4. The van der Waals surface area contributed by atoms with Gasteiger partial charge in [-0.1, -0.05) is 12.1 Å². The number of aromatic hydroxyl groups is 1. The zero-order chi connectivity index (χ0) is 26.2. The summed E-state index contributed by atoms with van der Waals surface area (Å²) in [7, 11) is 1.52. The summed E-state index contributed by atoms with van der Waals surface area (Å²) in [6.07, 6.45) is -5.03. The minimum Gasteiger partial charge on any atom is -0.506 e. The summed E-state index contributed by atoms with van der Waals surface area (Å²) in [5, 5.41) is 13.9. The topological polar surface area (TPSA) is 98.9 Å². The molecule has 4 atom stereocenters. The van der Waals surface area contributed by atoms with Crippen LogP contribution in [0, 0.1) is 11.8 Å². The zero-order valence-electron chi connectivity index (χ0n) is 19.8. The summed E-state index contributed by atoms with van der Waals surface area (Å²) in [6, 6.07) is 11.7. The molecule has 0 bridgehead atoms. The lowest BCUT2D eigenvalue weighted by molar-refractivity contribution is -0.219. The van der Waals surface area contributed by atoms with E-state index < -0.39 is 25.0 Å². The van der Waals surface area contributed by atoms with E-state index in [1.807, 2.05) is 6.07 Å². The monoisotopic (exact) mass is 518 g/mol. The molecule has 3 aromatic rings. The van der Waals surface area contributed by atoms with Gasteiger partial charge in [0, 0.05) is 25.2 Å². The molecule has 1 aromatic carbocycles. The standard InChI is InChI=1S/C25H25F3N4O5/c1-35-17-5-2-15(3-6-17)13-36-14-21(25(26,27)28)37-24(34)31-11-18-19(12-31)23(18)20-8-9-32(30-20)22-7-4-16(33)10-29-22/h2-10,18-19,21,23,33H,11-14H2,1H3/t18-,19?,21-,23?/m1/s1. The molecule has 2 fully saturated rings. The number of carbonyl (C=O) groups excluding carboxylic acids is 1. The van der Waals surface area contributed by atoms with Crippen molar-refractivity contribution in [3.05, 3.63) is 66.1 Å². The number of likely N-dealkylation sites (tertiary alicyclic amines) is 1. The van der Waals surface area contributed by atoms with E-state index in [4.69, 9.17) is 14.2 Å². The Morgan fingerprint density at radius 2 is 1.86 bits per heavy atom. The van der Waals surface area contributed by atoms with Crippen LogP contribution >= 0.6 is 0 Å². The quantitative estimate of drug-likeness (QED) is 0.483. The molecule has 3 heterocycles. The van der Waals surface area contributed by atoms with Crippen molar-refractivity contribution in [3.8, 4) is 17.3 Å². The van der Waals surface area contributed by atoms with Crippen LogP contribution in [0.5, 0.6) is 11.5 Å². The second kappa shape index (κ2) is 9.92. The van der Waals surface area contributed by atoms with Gasteiger partial charge in [0.25, 0.3) is 0 Å². The molecule has 2 aliphatic rings. The number of pyridine rings is 1. The van der Waals surface area contributed by atoms with Gasteiger partial charge < -0.3 is 24.2 Å². The Morgan fingerprint density at radius 1 is 1.14 bits per heavy atom. The fourth-order valence-corrected chi connectivity index (χ4v) is 4.67. The van der Waals surface area contributed by atoms with E-state index in [2.05, 4.69) is 10.1 Å². The summed E-state index contributed by atoms with van der Waals surface area (Å²) in [4.78, 5) is 17.9. The van der Waals surface area contributed by atoms with Crippen molar-refractivity contribution >= 4 is 6.09 Å². The maximum atomic E-state index is 13.5. The first kappa shape index (κ1) is 24.9. The van der Waals surface area contributed by atoms with Gasteiger partial charge in [0.2, 0.25) is 6.10 Å². The average molecular weight is 518 g/mol. The van der Waals surface area contributed by atoms with Crippen LogP contribution < -0.4 is 4.74 Å². The van der Waals surface area contributed by atoms with E-state index in [1.54, 1.807) is 41.2 Å². The Labute approximate surface area is 210 Å². The molecule has 2 aromatic heterocycles. The lowest BCUT2D eigenvalue weighted by atomic mass is 10.2. The summed E-state index contributed by atoms with van der Waals surface area (Å²) in [5.41, 5.74) is 1.50. The number of fused-ring (bicyclic) bond motifs is 1. The number of carbonyl (C=O) groups is 1. The van der Waals surface area contributed by atoms with E-state index in [-0.39, 0.29) is 30.1 Å². The van der Waals surface area contributed by atoms with Crippen LogP contribution in [0.25, 0.3) is 5.82 Å². The van der Waals surface area contributed by atoms with Crippen LogP contribution in [0.3, 0.4) is 0 Å². The molecule has 37 heavy (non-hydrogen) atoms. The van der Waals surface area contributed by atoms with Crippen LogP contribution in [0.4, 0.5) is 18.0 Å². The lowest BCUT2D eigenvalue weighted by Crippen LogP contribution is -2.42. The Balaban J connectivity index is 1.12. The number of hydrogen-bond donors (Lipinski definition) is 1. The fraction of sp³-hybridized carbons (Fsp3) is 0.400. The van der Waals surface area contributed by atoms with Crippen LogP contribution in [-0.4, -0.2) is 70.0 Å². The smallest absolute Gasteiger partial charge is 0.427 e. The highest BCUT2D eigenvalue weighted by molar-refractivity contribution is 5.69. The number of benzene rings is 1. The van der Waals surface area contributed by atoms with Gasteiger partial charge in [0.05, 0.1) is 32.2 Å². The molecule has 12 heteroatoms. The second-order valence-corrected chi connectivity index (χ2v) is 9.10. The molecule has 1 aliphatic carbocycles. The molecule has 1 amide bonds. The first-order valence-corrected chi connectivity index (χ1v) is 11.7. The number of methoxy groups -OCH3 is 1. The maximum Gasteiger partial charge on any atom is 0.427 e. The van der Waals surface area contributed by atoms with E-state index >= 15 is 0 Å². The second-order valence-electron chi connectivity index (χ2n) is 9.10. The summed E-state index contributed by atoms with van der Waals surface area (Å²) in [6.45, 7) is -0.255. The highest BCUT2D eigenvalue weighted by Gasteiger charge is 2.59. The van der Waals surface area contributed by atoms with Gasteiger partial charge in [-0.05, 0) is 47.7 Å². The first-order chi connectivity index (χ1) is 17.7. The largest absolute Gasteiger partial charge is 0.506 e. The molecule has 1 aliphatic heterocycles. The van der Waals surface area contributed by atoms with Crippen LogP contribution in [-0.2, 0) is 16.1 Å². The number of alkyl halides is 3. The van der Waals surface area contributed by atoms with Crippen molar-refractivity contribution in [2.24, 2.45) is 11.8 Å². The van der Waals surface area contributed by atoms with Gasteiger partial charge in [-0.25, -0.2) is 14.5 Å². The van der Waals surface area contributed by atoms with Crippen LogP contribution in [0.2, 0.25) is 0 Å². The van der Waals surface area contributed by atoms with Crippen LogP contribution in [0.15, 0.2) is 54.9 Å². The molecule has 1 saturated carbocycles. The van der Waals surface area contributed by atoms with Gasteiger partial charge in [-0.3, -0.25) is 0 Å². The van der Waals surface area contributed by atoms with Gasteiger partial charge in [0.1, 0.15) is 11.5 Å². The summed E-state index contributed by atoms with van der Waals surface area (Å²) >= 11 is 0. The van der Waals surface area contributed by atoms with Crippen molar-refractivity contribution in [3.63, 3.8) is 0 Å². The molecule has 9 nitrogen and oxygen atoms in total. The molecule has 0 radical (unpaired) electrons. The fourth-order valence-electron chi connectivity index (χ4n) is 4.67. The number of aromatic nitrogens is 3. The van der Waals surface area contributed by atoms with Gasteiger partial charge in [-0.2, -0.15) is 18.3 Å². The van der Waals surface area contributed by atoms with Crippen molar-refractivity contribution < 1.29 is 37.3 Å². The molecule has 0 spiro atoms. The normalized spacial score (nSPS) is 21.4. The van der Waals surface area contributed by atoms with E-state index in [0.29, 0.717) is 30.2 Å². The molecule has 196 valence electrons. The Kier molecular flexibility index (Phi) is 6.67. The first-order valence-electron chi connectivity index (χ1n) is 11.7. The van der Waals surface area contributed by atoms with Gasteiger partial charge in [-0.15, -0.1) is 0 Å². The third-order valence-corrected chi connectivity index (χ3v) is 6.68. The average Bonchev–Trinajstić information content (AvgIpc) is 3.21. The van der Waals surface area contributed by atoms with E-state index in [9.17, 15) is 23.1 Å². The highest BCUT2D eigenvalue weighted by Crippen LogP contribution is 2.57. The molecule has 2 unspecified atom stereocenters. The Hall–Kier alpha value is -3.80. The van der Waals surface area contributed by atoms with Crippen molar-refractivity contribution in [1.82, 2.24) is 19.7 Å². The minimum atomic E-state index is -4.75. The third kappa shape index (κ3) is 5.48. The lowest BCUT2D eigenvalue weighted by Gasteiger charge is -2.25. The SMILES string of the molecule is COc1ccc(COC[C@@H](OC(=O)N2CC3C(c4ccn(-c5ccc(O)cn5)n4)[C@@H]3C2)C(F)(F)F)cc1. The van der Waals surface area contributed by atoms with Crippen molar-refractivity contribution in [2.75, 3.05) is 26.8 Å². The zero-order valence-corrected chi connectivity index (χ0v) is 19.8. The number of piperidine rings is 1. The Morgan fingerprint density at radius 3 is 2.49 bits per heavy atom. The van der Waals surface area contributed by atoms with E-state index in [0.717, 1.165) is 5.69 Å². The van der Waals surface area contributed by atoms with Crippen molar-refractivity contribution in [1.29, 1.82) is 0 Å². The van der Waals surface area contributed by atoms with E-state index in [1.165, 1.54) is 24.3 Å².